The third kappa shape index (κ3) is 2.58. The van der Waals surface area contributed by atoms with Gasteiger partial charge in [-0.3, -0.25) is 0 Å². The molecule has 0 saturated heterocycles. The van der Waals surface area contributed by atoms with Crippen molar-refractivity contribution < 1.29 is 9.84 Å². The van der Waals surface area contributed by atoms with Gasteiger partial charge in [0.25, 0.3) is 0 Å². The van der Waals surface area contributed by atoms with Crippen LogP contribution in [0.4, 0.5) is 0 Å². The Bertz CT molecular complexity index is 475. The van der Waals surface area contributed by atoms with Gasteiger partial charge in [0.1, 0.15) is 0 Å². The van der Waals surface area contributed by atoms with Crippen molar-refractivity contribution in [1.82, 2.24) is 0 Å². The molecule has 0 aromatic heterocycles. The van der Waals surface area contributed by atoms with Gasteiger partial charge in [-0.2, -0.15) is 0 Å². The molecule has 0 bridgehead atoms. The van der Waals surface area contributed by atoms with Gasteiger partial charge >= 0.3 is 0 Å². The summed E-state index contributed by atoms with van der Waals surface area (Å²) in [6, 6.07) is 0. The second-order valence-electron chi connectivity index (χ2n) is 10.5. The van der Waals surface area contributed by atoms with Gasteiger partial charge in [-0.1, -0.05) is 20.3 Å². The van der Waals surface area contributed by atoms with E-state index in [9.17, 15) is 5.11 Å². The number of ether oxygens (including phenoxy) is 1. The van der Waals surface area contributed by atoms with E-state index in [1.165, 1.54) is 44.9 Å². The molecule has 4 rings (SSSR count). The molecule has 0 heterocycles. The molecular weight excluding hydrogens is 296 g/mol. The van der Waals surface area contributed by atoms with Gasteiger partial charge in [0, 0.05) is 0 Å². The van der Waals surface area contributed by atoms with E-state index in [-0.39, 0.29) is 18.3 Å². The van der Waals surface area contributed by atoms with Crippen LogP contribution in [0.3, 0.4) is 0 Å². The Morgan fingerprint density at radius 3 is 2.54 bits per heavy atom. The molecule has 3 unspecified atom stereocenters. The number of aliphatic hydroxyl groups is 1. The van der Waals surface area contributed by atoms with Crippen LogP contribution in [-0.2, 0) is 4.74 Å². The van der Waals surface area contributed by atoms with Crippen LogP contribution in [0, 0.1) is 34.5 Å². The summed E-state index contributed by atoms with van der Waals surface area (Å²) in [5.41, 5.74) is 1.04. The Balaban J connectivity index is 1.58. The Morgan fingerprint density at radius 2 is 1.79 bits per heavy atom. The highest BCUT2D eigenvalue weighted by Gasteiger charge is 2.59. The summed E-state index contributed by atoms with van der Waals surface area (Å²) in [6.45, 7) is 9.37. The molecule has 4 saturated carbocycles. The highest BCUT2D eigenvalue weighted by Crippen LogP contribution is 2.66. The van der Waals surface area contributed by atoms with Crippen molar-refractivity contribution in [3.05, 3.63) is 0 Å². The predicted molar refractivity (Wildman–Crippen MR) is 97.7 cm³/mol. The van der Waals surface area contributed by atoms with E-state index >= 15 is 0 Å². The van der Waals surface area contributed by atoms with E-state index in [0.717, 1.165) is 30.6 Å². The SMILES string of the molecule is CC(C)OC1C[C@@]2(C)C(CC[C@@H]3[C@H]2CC[C@]2(C)CCC[C@@H]32)CC1O. The number of hydrogen-bond acceptors (Lipinski definition) is 2. The quantitative estimate of drug-likeness (QED) is 0.753. The predicted octanol–water partition coefficient (Wildman–Crippen LogP) is 5.18. The smallest absolute Gasteiger partial charge is 0.0842 e. The van der Waals surface area contributed by atoms with Crippen molar-refractivity contribution >= 4 is 0 Å². The minimum Gasteiger partial charge on any atom is -0.390 e. The third-order valence-electron chi connectivity index (χ3n) is 8.89. The molecule has 2 heteroatoms. The number of fused-ring (bicyclic) bond motifs is 5. The fourth-order valence-electron chi connectivity index (χ4n) is 7.73. The van der Waals surface area contributed by atoms with Gasteiger partial charge in [-0.15, -0.1) is 0 Å². The molecular formula is C22H38O2. The second kappa shape index (κ2) is 5.98. The minimum atomic E-state index is -0.248. The lowest BCUT2D eigenvalue weighted by Crippen LogP contribution is -2.56. The van der Waals surface area contributed by atoms with E-state index in [0.29, 0.717) is 16.7 Å². The van der Waals surface area contributed by atoms with Crippen molar-refractivity contribution in [3.63, 3.8) is 0 Å². The Labute approximate surface area is 148 Å². The third-order valence-corrected chi connectivity index (χ3v) is 8.89. The molecule has 0 aromatic rings. The van der Waals surface area contributed by atoms with E-state index in [4.69, 9.17) is 4.74 Å². The van der Waals surface area contributed by atoms with Crippen LogP contribution >= 0.6 is 0 Å². The highest BCUT2D eigenvalue weighted by atomic mass is 16.5. The second-order valence-corrected chi connectivity index (χ2v) is 10.5. The first-order valence-corrected chi connectivity index (χ1v) is 10.7. The topological polar surface area (TPSA) is 29.5 Å². The molecule has 1 N–H and O–H groups in total. The fraction of sp³-hybridized carbons (Fsp3) is 1.00. The van der Waals surface area contributed by atoms with Crippen molar-refractivity contribution in [2.75, 3.05) is 0 Å². The molecule has 2 nitrogen and oxygen atoms in total. The summed E-state index contributed by atoms with van der Waals surface area (Å²) in [4.78, 5) is 0. The lowest BCUT2D eigenvalue weighted by atomic mass is 9.45. The fourth-order valence-corrected chi connectivity index (χ4v) is 7.73. The molecule has 0 aromatic carbocycles. The molecule has 4 aliphatic carbocycles. The Morgan fingerprint density at radius 1 is 1.00 bits per heavy atom. The summed E-state index contributed by atoms with van der Waals surface area (Å²) >= 11 is 0. The maximum absolute atomic E-state index is 10.6. The Kier molecular flexibility index (Phi) is 4.32. The zero-order chi connectivity index (χ0) is 17.1. The average molecular weight is 335 g/mol. The number of rotatable bonds is 2. The average Bonchev–Trinajstić information content (AvgIpc) is 2.90. The van der Waals surface area contributed by atoms with E-state index in [1.807, 2.05) is 0 Å². The molecule has 0 aliphatic heterocycles. The molecule has 4 fully saturated rings. The van der Waals surface area contributed by atoms with Crippen LogP contribution in [0.5, 0.6) is 0 Å². The number of aliphatic hydroxyl groups excluding tert-OH is 1. The molecule has 8 atom stereocenters. The molecule has 0 radical (unpaired) electrons. The first kappa shape index (κ1) is 17.3. The maximum Gasteiger partial charge on any atom is 0.0842 e. The molecule has 0 amide bonds. The summed E-state index contributed by atoms with van der Waals surface area (Å²) in [5.74, 6) is 3.51. The monoisotopic (exact) mass is 334 g/mol. The van der Waals surface area contributed by atoms with Gasteiger partial charge in [0.05, 0.1) is 18.3 Å². The normalized spacial score (nSPS) is 54.2. The summed E-state index contributed by atoms with van der Waals surface area (Å²) < 4.78 is 6.15. The van der Waals surface area contributed by atoms with Crippen molar-refractivity contribution in [2.45, 2.75) is 104 Å². The number of hydrogen-bond donors (Lipinski definition) is 1. The molecule has 24 heavy (non-hydrogen) atoms. The zero-order valence-corrected chi connectivity index (χ0v) is 16.3. The Hall–Kier alpha value is -0.0800. The van der Waals surface area contributed by atoms with Gasteiger partial charge in [0.15, 0.2) is 0 Å². The molecule has 0 spiro atoms. The van der Waals surface area contributed by atoms with E-state index in [1.54, 1.807) is 0 Å². The summed E-state index contributed by atoms with van der Waals surface area (Å²) in [6.07, 6.45) is 12.1. The minimum absolute atomic E-state index is 0.0573. The van der Waals surface area contributed by atoms with Gasteiger partial charge in [-0.25, -0.2) is 0 Å². The van der Waals surface area contributed by atoms with Crippen LogP contribution in [-0.4, -0.2) is 23.4 Å². The van der Waals surface area contributed by atoms with Crippen LogP contribution in [0.2, 0.25) is 0 Å². The van der Waals surface area contributed by atoms with Crippen LogP contribution in [0.15, 0.2) is 0 Å². The lowest BCUT2D eigenvalue weighted by Gasteiger charge is -2.61. The van der Waals surface area contributed by atoms with Crippen molar-refractivity contribution in [1.29, 1.82) is 0 Å². The van der Waals surface area contributed by atoms with Gasteiger partial charge in [0.2, 0.25) is 0 Å². The van der Waals surface area contributed by atoms with Crippen LogP contribution in [0.25, 0.3) is 0 Å². The largest absolute Gasteiger partial charge is 0.390 e. The summed E-state index contributed by atoms with van der Waals surface area (Å²) in [7, 11) is 0. The molecule has 138 valence electrons. The van der Waals surface area contributed by atoms with Crippen LogP contribution < -0.4 is 0 Å². The van der Waals surface area contributed by atoms with Gasteiger partial charge < -0.3 is 9.84 Å². The van der Waals surface area contributed by atoms with Gasteiger partial charge in [-0.05, 0) is 99.7 Å². The van der Waals surface area contributed by atoms with Crippen molar-refractivity contribution in [3.8, 4) is 0 Å². The maximum atomic E-state index is 10.6. The summed E-state index contributed by atoms with van der Waals surface area (Å²) in [5, 5.41) is 10.6. The van der Waals surface area contributed by atoms with Crippen LogP contribution in [0.1, 0.15) is 85.5 Å². The van der Waals surface area contributed by atoms with E-state index in [2.05, 4.69) is 27.7 Å². The zero-order valence-electron chi connectivity index (χ0n) is 16.3. The lowest BCUT2D eigenvalue weighted by molar-refractivity contribution is -0.177. The first-order chi connectivity index (χ1) is 11.3. The molecule has 4 aliphatic rings. The van der Waals surface area contributed by atoms with E-state index < -0.39 is 0 Å². The standard InChI is InChI=1S/C22H38O2/c1-14(2)24-20-13-22(4)15(12-19(20)23)7-8-16-17-6-5-10-21(17,3)11-9-18(16)22/h14-20,23H,5-13H2,1-4H3/t15?,16-,17-,18+,19?,20?,21-,22-/m0/s1. The first-order valence-electron chi connectivity index (χ1n) is 10.7. The highest BCUT2D eigenvalue weighted by molar-refractivity contribution is 5.08. The van der Waals surface area contributed by atoms with Crippen molar-refractivity contribution in [2.24, 2.45) is 34.5 Å².